The summed E-state index contributed by atoms with van der Waals surface area (Å²) in [6, 6.07) is 8.62. The van der Waals surface area contributed by atoms with Crippen LogP contribution >= 0.6 is 12.4 Å². The number of carbonyl (C=O) groups excluding carboxylic acids is 2. The number of benzene rings is 1. The Bertz CT molecular complexity index is 622. The van der Waals surface area contributed by atoms with E-state index in [0.29, 0.717) is 19.0 Å². The van der Waals surface area contributed by atoms with E-state index in [1.165, 1.54) is 0 Å². The number of nitrogens with zero attached hydrogens (tertiary/aromatic N) is 1. The van der Waals surface area contributed by atoms with Gasteiger partial charge in [0.25, 0.3) is 0 Å². The average molecular weight is 366 g/mol. The van der Waals surface area contributed by atoms with Gasteiger partial charge in [0.2, 0.25) is 11.8 Å². The molecule has 0 aromatic heterocycles. The van der Waals surface area contributed by atoms with Gasteiger partial charge in [0.05, 0.1) is 5.92 Å². The van der Waals surface area contributed by atoms with E-state index in [-0.39, 0.29) is 36.2 Å². The number of hydrogen-bond acceptors (Lipinski definition) is 3. The third-order valence-electron chi connectivity index (χ3n) is 5.13. The van der Waals surface area contributed by atoms with Crippen molar-refractivity contribution >= 4 is 29.9 Å². The van der Waals surface area contributed by atoms with Gasteiger partial charge in [-0.3, -0.25) is 9.59 Å². The van der Waals surface area contributed by atoms with E-state index < -0.39 is 0 Å². The molecule has 0 aliphatic carbocycles. The summed E-state index contributed by atoms with van der Waals surface area (Å²) in [5.74, 6) is -0.165. The molecule has 0 bridgehead atoms. The van der Waals surface area contributed by atoms with E-state index in [0.717, 1.165) is 37.1 Å². The molecule has 0 radical (unpaired) electrons. The van der Waals surface area contributed by atoms with Crippen LogP contribution in [0.15, 0.2) is 24.3 Å². The van der Waals surface area contributed by atoms with Crippen LogP contribution in [0.1, 0.15) is 38.7 Å². The van der Waals surface area contributed by atoms with E-state index in [9.17, 15) is 9.59 Å². The van der Waals surface area contributed by atoms with E-state index in [1.807, 2.05) is 24.3 Å². The smallest absolute Gasteiger partial charge is 0.227 e. The fraction of sp³-hybridized carbons (Fsp3) is 0.579. The summed E-state index contributed by atoms with van der Waals surface area (Å²) < 4.78 is 0. The Balaban J connectivity index is 0.00000225. The predicted molar refractivity (Wildman–Crippen MR) is 102 cm³/mol. The van der Waals surface area contributed by atoms with Crippen LogP contribution in [0.5, 0.6) is 0 Å². The molecular formula is C19H28ClN3O2. The van der Waals surface area contributed by atoms with E-state index in [2.05, 4.69) is 24.5 Å². The fourth-order valence-electron chi connectivity index (χ4n) is 3.77. The first-order valence-electron chi connectivity index (χ1n) is 9.00. The highest BCUT2D eigenvalue weighted by Gasteiger charge is 2.36. The Morgan fingerprint density at radius 2 is 2.12 bits per heavy atom. The molecule has 6 heteroatoms. The molecule has 3 unspecified atom stereocenters. The Morgan fingerprint density at radius 1 is 1.36 bits per heavy atom. The molecule has 138 valence electrons. The predicted octanol–water partition coefficient (Wildman–Crippen LogP) is 2.28. The maximum Gasteiger partial charge on any atom is 0.227 e. The van der Waals surface area contributed by atoms with Crippen molar-refractivity contribution in [3.05, 3.63) is 29.8 Å². The number of piperidine rings is 1. The number of aryl methyl sites for hydroxylation is 1. The van der Waals surface area contributed by atoms with Crippen LogP contribution < -0.4 is 15.5 Å². The van der Waals surface area contributed by atoms with Gasteiger partial charge in [-0.05, 0) is 44.4 Å². The highest BCUT2D eigenvalue weighted by molar-refractivity contribution is 6.00. The number of nitrogens with one attached hydrogen (secondary N) is 2. The molecule has 0 saturated carbocycles. The molecule has 2 saturated heterocycles. The molecular weight excluding hydrogens is 338 g/mol. The van der Waals surface area contributed by atoms with Crippen LogP contribution in [0.3, 0.4) is 0 Å². The Hall–Kier alpha value is -1.59. The summed E-state index contributed by atoms with van der Waals surface area (Å²) in [4.78, 5) is 26.8. The molecule has 2 N–H and O–H groups in total. The molecule has 2 aliphatic heterocycles. The zero-order valence-electron chi connectivity index (χ0n) is 15.0. The number of anilines is 1. The largest absolute Gasteiger partial charge is 0.353 e. The molecule has 2 fully saturated rings. The zero-order chi connectivity index (χ0) is 17.1. The SMILES string of the molecule is CCc1ccccc1N1CC(C(=O)NC2CCNC(C)C2)CC1=O.Cl. The minimum atomic E-state index is -0.243. The van der Waals surface area contributed by atoms with Crippen molar-refractivity contribution in [2.45, 2.75) is 51.6 Å². The monoisotopic (exact) mass is 365 g/mol. The summed E-state index contributed by atoms with van der Waals surface area (Å²) in [5.41, 5.74) is 2.11. The van der Waals surface area contributed by atoms with Crippen LogP contribution in [0.25, 0.3) is 0 Å². The first-order valence-corrected chi connectivity index (χ1v) is 9.00. The molecule has 1 aromatic carbocycles. The Morgan fingerprint density at radius 3 is 2.84 bits per heavy atom. The van der Waals surface area contributed by atoms with Gasteiger partial charge in [-0.1, -0.05) is 25.1 Å². The lowest BCUT2D eigenvalue weighted by Crippen LogP contribution is -2.48. The van der Waals surface area contributed by atoms with Crippen LogP contribution in [0.2, 0.25) is 0 Å². The lowest BCUT2D eigenvalue weighted by Gasteiger charge is -2.29. The Kier molecular flexibility index (Phi) is 6.85. The first kappa shape index (κ1) is 19.7. The molecule has 0 spiro atoms. The van der Waals surface area contributed by atoms with E-state index >= 15 is 0 Å². The topological polar surface area (TPSA) is 61.4 Å². The van der Waals surface area contributed by atoms with Crippen LogP contribution in [-0.4, -0.2) is 37.0 Å². The maximum absolute atomic E-state index is 12.6. The third kappa shape index (κ3) is 4.53. The van der Waals surface area contributed by atoms with Crippen molar-refractivity contribution < 1.29 is 9.59 Å². The number of para-hydroxylation sites is 1. The first-order chi connectivity index (χ1) is 11.6. The number of carbonyl (C=O) groups is 2. The molecule has 1 aromatic rings. The molecule has 3 rings (SSSR count). The molecule has 2 amide bonds. The third-order valence-corrected chi connectivity index (χ3v) is 5.13. The maximum atomic E-state index is 12.6. The number of rotatable bonds is 4. The molecule has 25 heavy (non-hydrogen) atoms. The van der Waals surface area contributed by atoms with Crippen molar-refractivity contribution in [2.24, 2.45) is 5.92 Å². The number of amides is 2. The minimum absolute atomic E-state index is 0. The van der Waals surface area contributed by atoms with Gasteiger partial charge in [-0.15, -0.1) is 12.4 Å². The zero-order valence-corrected chi connectivity index (χ0v) is 15.8. The second-order valence-electron chi connectivity index (χ2n) is 6.97. The van der Waals surface area contributed by atoms with E-state index in [1.54, 1.807) is 4.90 Å². The van der Waals surface area contributed by atoms with Gasteiger partial charge in [0, 0.05) is 30.7 Å². The van der Waals surface area contributed by atoms with Crippen LogP contribution in [0.4, 0.5) is 5.69 Å². The average Bonchev–Trinajstić information content (AvgIpc) is 2.96. The summed E-state index contributed by atoms with van der Waals surface area (Å²) >= 11 is 0. The highest BCUT2D eigenvalue weighted by atomic mass is 35.5. The van der Waals surface area contributed by atoms with Crippen molar-refractivity contribution in [1.82, 2.24) is 10.6 Å². The summed E-state index contributed by atoms with van der Waals surface area (Å²) in [6.07, 6.45) is 3.10. The standard InChI is InChI=1S/C19H27N3O2.ClH/c1-3-14-6-4-5-7-17(14)22-12-15(11-18(22)23)19(24)21-16-8-9-20-13(2)10-16;/h4-7,13,15-16,20H,3,8-12H2,1-2H3,(H,21,24);1H. The van der Waals surface area contributed by atoms with E-state index in [4.69, 9.17) is 0 Å². The van der Waals surface area contributed by atoms with Gasteiger partial charge in [-0.25, -0.2) is 0 Å². The van der Waals surface area contributed by atoms with Crippen molar-refractivity contribution in [1.29, 1.82) is 0 Å². The fourth-order valence-corrected chi connectivity index (χ4v) is 3.77. The van der Waals surface area contributed by atoms with Gasteiger partial charge in [0.15, 0.2) is 0 Å². The molecule has 2 heterocycles. The molecule has 3 atom stereocenters. The van der Waals surface area contributed by atoms with Crippen LogP contribution in [-0.2, 0) is 16.0 Å². The summed E-state index contributed by atoms with van der Waals surface area (Å²) in [6.45, 7) is 5.65. The van der Waals surface area contributed by atoms with Gasteiger partial charge < -0.3 is 15.5 Å². The lowest BCUT2D eigenvalue weighted by atomic mass is 9.99. The lowest BCUT2D eigenvalue weighted by molar-refractivity contribution is -0.127. The normalized spacial score (nSPS) is 26.2. The van der Waals surface area contributed by atoms with Crippen molar-refractivity contribution in [3.8, 4) is 0 Å². The minimum Gasteiger partial charge on any atom is -0.353 e. The number of hydrogen-bond donors (Lipinski definition) is 2. The Labute approximate surface area is 155 Å². The quantitative estimate of drug-likeness (QED) is 0.860. The summed E-state index contributed by atoms with van der Waals surface area (Å²) in [5, 5.41) is 6.54. The second-order valence-corrected chi connectivity index (χ2v) is 6.97. The molecule has 2 aliphatic rings. The van der Waals surface area contributed by atoms with Gasteiger partial charge in [-0.2, -0.15) is 0 Å². The number of halogens is 1. The van der Waals surface area contributed by atoms with Crippen molar-refractivity contribution in [2.75, 3.05) is 18.0 Å². The van der Waals surface area contributed by atoms with Crippen molar-refractivity contribution in [3.63, 3.8) is 0 Å². The van der Waals surface area contributed by atoms with Gasteiger partial charge in [0.1, 0.15) is 0 Å². The highest BCUT2D eigenvalue weighted by Crippen LogP contribution is 2.28. The van der Waals surface area contributed by atoms with Gasteiger partial charge >= 0.3 is 0 Å². The summed E-state index contributed by atoms with van der Waals surface area (Å²) in [7, 11) is 0. The van der Waals surface area contributed by atoms with Crippen LogP contribution in [0, 0.1) is 5.92 Å². The second kappa shape index (κ2) is 8.68. The molecule has 5 nitrogen and oxygen atoms in total.